The maximum Gasteiger partial charge on any atom is 0.283 e. The van der Waals surface area contributed by atoms with Crippen molar-refractivity contribution in [2.24, 2.45) is 10.1 Å². The number of halogens is 1. The molecule has 0 atom stereocenters. The number of benzene rings is 1. The maximum atomic E-state index is 12.4. The second-order valence-electron chi connectivity index (χ2n) is 5.30. The van der Waals surface area contributed by atoms with Gasteiger partial charge in [-0.15, -0.1) is 0 Å². The number of methoxy groups -OCH3 is 1. The van der Waals surface area contributed by atoms with Crippen molar-refractivity contribution < 1.29 is 13.9 Å². The molecule has 0 aliphatic carbocycles. The van der Waals surface area contributed by atoms with Crippen molar-refractivity contribution in [2.75, 3.05) is 7.11 Å². The Balaban J connectivity index is 1.69. The number of hydrazone groups is 1. The molecule has 1 amide bonds. The Hall–Kier alpha value is -2.65. The number of fused-ring (bicyclic) bond motifs is 1. The summed E-state index contributed by atoms with van der Waals surface area (Å²) >= 11 is 4.61. The third kappa shape index (κ3) is 2.89. The molecule has 2 aliphatic rings. The molecule has 1 aromatic heterocycles. The molecule has 0 fully saturated rings. The highest BCUT2D eigenvalue weighted by atomic mass is 79.9. The van der Waals surface area contributed by atoms with Crippen molar-refractivity contribution in [1.82, 2.24) is 5.01 Å². The van der Waals surface area contributed by atoms with Crippen molar-refractivity contribution >= 4 is 55.7 Å². The number of furan rings is 1. The largest absolute Gasteiger partial charge is 0.496 e. The van der Waals surface area contributed by atoms with Crippen molar-refractivity contribution in [1.29, 1.82) is 5.41 Å². The number of rotatable bonds is 3. The van der Waals surface area contributed by atoms with Crippen LogP contribution in [-0.4, -0.2) is 34.1 Å². The van der Waals surface area contributed by atoms with Crippen LogP contribution in [0.25, 0.3) is 6.08 Å². The number of amidine groups is 2. The summed E-state index contributed by atoms with van der Waals surface area (Å²) in [5, 5.41) is 15.0. The summed E-state index contributed by atoms with van der Waals surface area (Å²) in [5.74, 6) is 0.746. The summed E-state index contributed by atoms with van der Waals surface area (Å²) in [7, 11) is 1.58. The molecular formula is C17H11BrN4O3S. The fourth-order valence-corrected chi connectivity index (χ4v) is 3.85. The van der Waals surface area contributed by atoms with E-state index in [0.717, 1.165) is 10.0 Å². The van der Waals surface area contributed by atoms with E-state index in [2.05, 4.69) is 26.0 Å². The number of carbonyl (C=O) groups is 1. The van der Waals surface area contributed by atoms with Crippen LogP contribution in [-0.2, 0) is 4.79 Å². The minimum Gasteiger partial charge on any atom is -0.496 e. The lowest BCUT2D eigenvalue weighted by atomic mass is 10.1. The van der Waals surface area contributed by atoms with E-state index in [1.807, 2.05) is 6.07 Å². The number of carbonyl (C=O) groups excluding carboxylic acids is 1. The smallest absolute Gasteiger partial charge is 0.283 e. The Morgan fingerprint density at radius 3 is 2.92 bits per heavy atom. The van der Waals surface area contributed by atoms with Crippen LogP contribution in [0.1, 0.15) is 11.3 Å². The number of nitrogens with one attached hydrogen (secondary N) is 1. The van der Waals surface area contributed by atoms with Crippen molar-refractivity contribution in [3.63, 3.8) is 0 Å². The van der Waals surface area contributed by atoms with E-state index in [1.165, 1.54) is 16.8 Å². The number of nitrogens with zero attached hydrogens (tertiary/aromatic N) is 3. The zero-order valence-electron chi connectivity index (χ0n) is 13.4. The summed E-state index contributed by atoms with van der Waals surface area (Å²) in [6, 6.07) is 8.90. The lowest BCUT2D eigenvalue weighted by Gasteiger charge is -2.20. The minimum absolute atomic E-state index is 0.0269. The van der Waals surface area contributed by atoms with Gasteiger partial charge in [0.1, 0.15) is 5.75 Å². The van der Waals surface area contributed by atoms with E-state index < -0.39 is 5.91 Å². The summed E-state index contributed by atoms with van der Waals surface area (Å²) in [6.07, 6.45) is 3.15. The van der Waals surface area contributed by atoms with Gasteiger partial charge in [-0.3, -0.25) is 10.2 Å². The second kappa shape index (κ2) is 6.58. The van der Waals surface area contributed by atoms with E-state index in [0.29, 0.717) is 21.7 Å². The first kappa shape index (κ1) is 16.8. The van der Waals surface area contributed by atoms with Gasteiger partial charge in [0.2, 0.25) is 5.17 Å². The van der Waals surface area contributed by atoms with Gasteiger partial charge in [0, 0.05) is 0 Å². The Bertz CT molecular complexity index is 1010. The molecule has 9 heteroatoms. The molecule has 7 nitrogen and oxygen atoms in total. The number of thioether (sulfide) groups is 1. The molecule has 0 spiro atoms. The molecular weight excluding hydrogens is 420 g/mol. The van der Waals surface area contributed by atoms with Crippen LogP contribution in [0.15, 0.2) is 61.2 Å². The Kier molecular flexibility index (Phi) is 4.25. The topological polar surface area (TPSA) is 91.2 Å². The predicted molar refractivity (Wildman–Crippen MR) is 104 cm³/mol. The fourth-order valence-electron chi connectivity index (χ4n) is 2.43. The van der Waals surface area contributed by atoms with Gasteiger partial charge in [-0.25, -0.2) is 0 Å². The predicted octanol–water partition coefficient (Wildman–Crippen LogP) is 3.72. The van der Waals surface area contributed by atoms with Gasteiger partial charge in [-0.05, 0) is 63.6 Å². The van der Waals surface area contributed by atoms with Crippen molar-refractivity contribution in [3.8, 4) is 5.75 Å². The van der Waals surface area contributed by atoms with E-state index in [4.69, 9.17) is 14.6 Å². The van der Waals surface area contributed by atoms with Crippen LogP contribution in [0.3, 0.4) is 0 Å². The molecule has 3 heterocycles. The molecule has 130 valence electrons. The van der Waals surface area contributed by atoms with Gasteiger partial charge in [0.15, 0.2) is 16.6 Å². The molecule has 0 saturated heterocycles. The van der Waals surface area contributed by atoms with Crippen LogP contribution in [0.5, 0.6) is 5.75 Å². The van der Waals surface area contributed by atoms with E-state index in [-0.39, 0.29) is 11.4 Å². The molecule has 2 aliphatic heterocycles. The zero-order chi connectivity index (χ0) is 18.3. The minimum atomic E-state index is -0.475. The van der Waals surface area contributed by atoms with Gasteiger partial charge in [0.25, 0.3) is 5.91 Å². The Labute approximate surface area is 161 Å². The normalized spacial score (nSPS) is 18.1. The highest BCUT2D eigenvalue weighted by Crippen LogP contribution is 2.32. The van der Waals surface area contributed by atoms with Gasteiger partial charge >= 0.3 is 0 Å². The summed E-state index contributed by atoms with van der Waals surface area (Å²) in [4.78, 5) is 16.5. The average Bonchev–Trinajstić information content (AvgIpc) is 3.28. The van der Waals surface area contributed by atoms with Crippen LogP contribution in [0.4, 0.5) is 0 Å². The molecule has 26 heavy (non-hydrogen) atoms. The molecule has 0 radical (unpaired) electrons. The molecule has 1 aromatic carbocycles. The fraction of sp³-hybridized carbons (Fsp3) is 0.0588. The third-order valence-corrected chi connectivity index (χ3v) is 5.22. The first-order chi connectivity index (χ1) is 12.6. The highest BCUT2D eigenvalue weighted by Gasteiger charge is 2.36. The van der Waals surface area contributed by atoms with Crippen LogP contribution in [0.2, 0.25) is 0 Å². The van der Waals surface area contributed by atoms with Crippen molar-refractivity contribution in [3.05, 3.63) is 58.0 Å². The number of ether oxygens (including phenoxy) is 1. The molecule has 0 unspecified atom stereocenters. The first-order valence-electron chi connectivity index (χ1n) is 7.44. The van der Waals surface area contributed by atoms with Gasteiger partial charge in [-0.2, -0.15) is 15.1 Å². The highest BCUT2D eigenvalue weighted by molar-refractivity contribution is 9.10. The monoisotopic (exact) mass is 430 g/mol. The molecule has 2 aromatic rings. The maximum absolute atomic E-state index is 12.4. The number of amides is 1. The zero-order valence-corrected chi connectivity index (χ0v) is 15.8. The third-order valence-electron chi connectivity index (χ3n) is 3.67. The van der Waals surface area contributed by atoms with E-state index >= 15 is 0 Å². The SMILES string of the molecule is COc1ccc(/C=C2/C(=N)N3N=C(c4ccco4)SC3=NC2=O)cc1Br. The van der Waals surface area contributed by atoms with Crippen LogP contribution >= 0.6 is 27.7 Å². The standard InChI is InChI=1S/C17H11BrN4O3S/c1-24-12-5-4-9(8-11(12)18)7-10-14(19)22-17(20-15(10)23)26-16(21-22)13-3-2-6-25-13/h2-8,19H,1H3/b10-7-,19-14?. The van der Waals surface area contributed by atoms with E-state index in [1.54, 1.807) is 43.7 Å². The quantitative estimate of drug-likeness (QED) is 0.749. The van der Waals surface area contributed by atoms with Gasteiger partial charge in [-0.1, -0.05) is 6.07 Å². The number of aliphatic imine (C=N–C) groups is 1. The molecule has 1 N–H and O–H groups in total. The number of hydrogen-bond donors (Lipinski definition) is 1. The van der Waals surface area contributed by atoms with Crippen LogP contribution in [0, 0.1) is 5.41 Å². The van der Waals surface area contributed by atoms with Gasteiger partial charge < -0.3 is 9.15 Å². The Morgan fingerprint density at radius 1 is 1.38 bits per heavy atom. The average molecular weight is 431 g/mol. The molecule has 0 bridgehead atoms. The molecule has 0 saturated carbocycles. The summed E-state index contributed by atoms with van der Waals surface area (Å²) in [6.45, 7) is 0. The van der Waals surface area contributed by atoms with Crippen LogP contribution < -0.4 is 4.74 Å². The molecule has 4 rings (SSSR count). The lowest BCUT2D eigenvalue weighted by Crippen LogP contribution is -2.35. The Morgan fingerprint density at radius 2 is 2.23 bits per heavy atom. The number of hydrogen-bond acceptors (Lipinski definition) is 6. The van der Waals surface area contributed by atoms with Gasteiger partial charge in [0.05, 0.1) is 23.4 Å². The van der Waals surface area contributed by atoms with E-state index in [9.17, 15) is 4.79 Å². The summed E-state index contributed by atoms with van der Waals surface area (Å²) < 4.78 is 11.3. The summed E-state index contributed by atoms with van der Waals surface area (Å²) in [5.41, 5.74) is 0.905. The first-order valence-corrected chi connectivity index (χ1v) is 9.05. The lowest BCUT2D eigenvalue weighted by molar-refractivity contribution is -0.114. The van der Waals surface area contributed by atoms with Crippen molar-refractivity contribution in [2.45, 2.75) is 0 Å². The second-order valence-corrected chi connectivity index (χ2v) is 7.11.